The van der Waals surface area contributed by atoms with Gasteiger partial charge in [-0.25, -0.2) is 4.98 Å². The lowest BCUT2D eigenvalue weighted by molar-refractivity contribution is 0.0990. The van der Waals surface area contributed by atoms with Crippen LogP contribution in [0, 0.1) is 0 Å². The SMILES string of the molecule is CCc1cc(-c2cncc(OC)c2)nc2c1C(=O)N(c1ccn([C@@H]3CCOC3)n1)C2C. The molecule has 0 aromatic carbocycles. The van der Waals surface area contributed by atoms with Crippen molar-refractivity contribution in [3.8, 4) is 17.0 Å². The van der Waals surface area contributed by atoms with Gasteiger partial charge >= 0.3 is 0 Å². The molecule has 1 amide bonds. The molecular formula is C23H25N5O3. The van der Waals surface area contributed by atoms with Gasteiger partial charge in [0.05, 0.1) is 48.9 Å². The molecule has 0 saturated carbocycles. The van der Waals surface area contributed by atoms with Crippen LogP contribution in [0.1, 0.15) is 54.0 Å². The van der Waals surface area contributed by atoms with Crippen molar-refractivity contribution < 1.29 is 14.3 Å². The number of aryl methyl sites for hydroxylation is 1. The van der Waals surface area contributed by atoms with Gasteiger partial charge in [0.1, 0.15) is 5.75 Å². The summed E-state index contributed by atoms with van der Waals surface area (Å²) >= 11 is 0. The maximum atomic E-state index is 13.4. The van der Waals surface area contributed by atoms with Crippen molar-refractivity contribution in [3.05, 3.63) is 53.6 Å². The maximum Gasteiger partial charge on any atom is 0.262 e. The molecule has 8 heteroatoms. The largest absolute Gasteiger partial charge is 0.495 e. The Bertz CT molecular complexity index is 1140. The molecule has 1 fully saturated rings. The quantitative estimate of drug-likeness (QED) is 0.629. The minimum atomic E-state index is -0.213. The zero-order valence-corrected chi connectivity index (χ0v) is 17.9. The molecule has 0 spiro atoms. The van der Waals surface area contributed by atoms with E-state index in [9.17, 15) is 4.79 Å². The predicted molar refractivity (Wildman–Crippen MR) is 115 cm³/mol. The van der Waals surface area contributed by atoms with E-state index in [1.807, 2.05) is 36.0 Å². The Morgan fingerprint density at radius 1 is 1.29 bits per heavy atom. The fraction of sp³-hybridized carbons (Fsp3) is 0.391. The van der Waals surface area contributed by atoms with E-state index in [2.05, 4.69) is 11.9 Å². The molecule has 1 unspecified atom stereocenters. The van der Waals surface area contributed by atoms with Crippen LogP contribution in [-0.4, -0.2) is 46.0 Å². The Morgan fingerprint density at radius 3 is 2.90 bits per heavy atom. The van der Waals surface area contributed by atoms with Gasteiger partial charge in [-0.2, -0.15) is 5.10 Å². The lowest BCUT2D eigenvalue weighted by atomic mass is 10.0. The number of ether oxygens (including phenoxy) is 2. The normalized spacial score (nSPS) is 20.4. The molecule has 2 aliphatic rings. The average molecular weight is 419 g/mol. The Morgan fingerprint density at radius 2 is 2.16 bits per heavy atom. The van der Waals surface area contributed by atoms with Crippen LogP contribution >= 0.6 is 0 Å². The lowest BCUT2D eigenvalue weighted by Gasteiger charge is -2.19. The molecule has 3 aromatic rings. The predicted octanol–water partition coefficient (Wildman–Crippen LogP) is 3.59. The van der Waals surface area contributed by atoms with Gasteiger partial charge in [0.2, 0.25) is 0 Å². The van der Waals surface area contributed by atoms with Gasteiger partial charge in [0, 0.05) is 30.6 Å². The first kappa shape index (κ1) is 19.7. The third-order valence-electron chi connectivity index (χ3n) is 6.09. The van der Waals surface area contributed by atoms with Crippen LogP contribution in [0.25, 0.3) is 11.3 Å². The highest BCUT2D eigenvalue weighted by atomic mass is 16.5. The van der Waals surface area contributed by atoms with Crippen molar-refractivity contribution in [2.75, 3.05) is 25.2 Å². The summed E-state index contributed by atoms with van der Waals surface area (Å²) in [6.07, 6.45) is 7.03. The van der Waals surface area contributed by atoms with Crippen LogP contribution in [0.3, 0.4) is 0 Å². The Hall–Kier alpha value is -3.26. The molecule has 3 aromatic heterocycles. The number of carbonyl (C=O) groups is 1. The van der Waals surface area contributed by atoms with Crippen LogP contribution in [0.15, 0.2) is 36.8 Å². The second kappa shape index (κ2) is 7.77. The second-order valence-electron chi connectivity index (χ2n) is 7.92. The summed E-state index contributed by atoms with van der Waals surface area (Å²) in [4.78, 5) is 24.3. The van der Waals surface area contributed by atoms with Crippen molar-refractivity contribution in [1.29, 1.82) is 0 Å². The lowest BCUT2D eigenvalue weighted by Crippen LogP contribution is -2.27. The van der Waals surface area contributed by atoms with Crippen molar-refractivity contribution >= 4 is 11.7 Å². The van der Waals surface area contributed by atoms with Gasteiger partial charge in [-0.1, -0.05) is 6.92 Å². The summed E-state index contributed by atoms with van der Waals surface area (Å²) in [5.41, 5.74) is 4.10. The van der Waals surface area contributed by atoms with Gasteiger partial charge in [-0.05, 0) is 37.5 Å². The number of hydrogen-bond acceptors (Lipinski definition) is 6. The summed E-state index contributed by atoms with van der Waals surface area (Å²) < 4.78 is 12.7. The molecule has 5 rings (SSSR count). The van der Waals surface area contributed by atoms with E-state index in [0.29, 0.717) is 23.7 Å². The number of amides is 1. The number of methoxy groups -OCH3 is 1. The van der Waals surface area contributed by atoms with Gasteiger partial charge in [-0.3, -0.25) is 19.4 Å². The highest BCUT2D eigenvalue weighted by Gasteiger charge is 2.39. The standard InChI is InChI=1S/C23H25N5O3/c1-4-15-10-19(16-9-18(30-3)12-24-11-16)25-22-14(2)28(23(29)21(15)22)20-5-7-27(26-20)17-6-8-31-13-17/h5,7,9-12,14,17H,4,6,8,13H2,1-3H3/t14?,17-/m1/s1. The smallest absolute Gasteiger partial charge is 0.262 e. The number of fused-ring (bicyclic) bond motifs is 1. The molecule has 0 radical (unpaired) electrons. The Balaban J connectivity index is 1.54. The van der Waals surface area contributed by atoms with Crippen molar-refractivity contribution in [2.24, 2.45) is 0 Å². The van der Waals surface area contributed by atoms with Crippen LogP contribution < -0.4 is 9.64 Å². The molecular weight excluding hydrogens is 394 g/mol. The first-order chi connectivity index (χ1) is 15.1. The fourth-order valence-electron chi connectivity index (χ4n) is 4.38. The van der Waals surface area contributed by atoms with E-state index in [-0.39, 0.29) is 18.0 Å². The van der Waals surface area contributed by atoms with Gasteiger partial charge < -0.3 is 9.47 Å². The summed E-state index contributed by atoms with van der Waals surface area (Å²) in [5.74, 6) is 1.27. The summed E-state index contributed by atoms with van der Waals surface area (Å²) in [5, 5.41) is 4.70. The van der Waals surface area contributed by atoms with E-state index in [1.165, 1.54) is 0 Å². The van der Waals surface area contributed by atoms with Gasteiger partial charge in [-0.15, -0.1) is 0 Å². The maximum absolute atomic E-state index is 13.4. The zero-order valence-electron chi connectivity index (χ0n) is 17.9. The Labute approximate surface area is 180 Å². The van der Waals surface area contributed by atoms with Crippen LogP contribution in [0.5, 0.6) is 5.75 Å². The van der Waals surface area contributed by atoms with Crippen LogP contribution in [-0.2, 0) is 11.2 Å². The minimum absolute atomic E-state index is 0.0462. The minimum Gasteiger partial charge on any atom is -0.495 e. The second-order valence-corrected chi connectivity index (χ2v) is 7.92. The first-order valence-corrected chi connectivity index (χ1v) is 10.6. The van der Waals surface area contributed by atoms with Crippen LogP contribution in [0.4, 0.5) is 5.82 Å². The number of rotatable bonds is 5. The number of aromatic nitrogens is 4. The topological polar surface area (TPSA) is 82.4 Å². The molecule has 160 valence electrons. The molecule has 5 heterocycles. The average Bonchev–Trinajstić information content (AvgIpc) is 3.54. The number of pyridine rings is 2. The van der Waals surface area contributed by atoms with E-state index < -0.39 is 0 Å². The number of hydrogen-bond donors (Lipinski definition) is 0. The third kappa shape index (κ3) is 3.27. The van der Waals surface area contributed by atoms with Crippen molar-refractivity contribution in [1.82, 2.24) is 19.7 Å². The molecule has 8 nitrogen and oxygen atoms in total. The molecule has 0 bridgehead atoms. The summed E-state index contributed by atoms with van der Waals surface area (Å²) in [7, 11) is 1.61. The van der Waals surface area contributed by atoms with Gasteiger partial charge in [0.15, 0.2) is 5.82 Å². The van der Waals surface area contributed by atoms with Crippen molar-refractivity contribution in [3.63, 3.8) is 0 Å². The number of anilines is 1. The van der Waals surface area contributed by atoms with E-state index in [1.54, 1.807) is 24.4 Å². The monoisotopic (exact) mass is 419 g/mol. The van der Waals surface area contributed by atoms with Gasteiger partial charge in [0.25, 0.3) is 5.91 Å². The number of nitrogens with zero attached hydrogens (tertiary/aromatic N) is 5. The van der Waals surface area contributed by atoms with E-state index in [4.69, 9.17) is 19.6 Å². The zero-order chi connectivity index (χ0) is 21.5. The van der Waals surface area contributed by atoms with Crippen molar-refractivity contribution in [2.45, 2.75) is 38.8 Å². The summed E-state index contributed by atoms with van der Waals surface area (Å²) in [6.45, 7) is 5.46. The molecule has 2 atom stereocenters. The van der Waals surface area contributed by atoms with E-state index in [0.717, 1.165) is 42.0 Å². The number of carbonyl (C=O) groups excluding carboxylic acids is 1. The highest BCUT2D eigenvalue weighted by molar-refractivity contribution is 6.11. The summed E-state index contributed by atoms with van der Waals surface area (Å²) in [6, 6.07) is 5.80. The molecule has 31 heavy (non-hydrogen) atoms. The highest BCUT2D eigenvalue weighted by Crippen LogP contribution is 2.39. The van der Waals surface area contributed by atoms with E-state index >= 15 is 0 Å². The molecule has 0 aliphatic carbocycles. The molecule has 1 saturated heterocycles. The van der Waals surface area contributed by atoms with Crippen LogP contribution in [0.2, 0.25) is 0 Å². The fourth-order valence-corrected chi connectivity index (χ4v) is 4.38. The third-order valence-corrected chi connectivity index (χ3v) is 6.09. The Kier molecular flexibility index (Phi) is 4.94. The molecule has 2 aliphatic heterocycles. The first-order valence-electron chi connectivity index (χ1n) is 10.6. The molecule has 0 N–H and O–H groups in total.